The zero-order valence-electron chi connectivity index (χ0n) is 19.3. The lowest BCUT2D eigenvalue weighted by Crippen LogP contribution is -2.45. The third-order valence-corrected chi connectivity index (χ3v) is 4.86. The van der Waals surface area contributed by atoms with E-state index < -0.39 is 12.1 Å². The Morgan fingerprint density at radius 1 is 0.833 bits per heavy atom. The van der Waals surface area contributed by atoms with E-state index in [0.717, 1.165) is 44.9 Å². The predicted molar refractivity (Wildman–Crippen MR) is 128 cm³/mol. The molecule has 2 unspecified atom stereocenters. The molecule has 172 valence electrons. The second-order valence-corrected chi connectivity index (χ2v) is 7.68. The Labute approximate surface area is 184 Å². The van der Waals surface area contributed by atoms with Crippen molar-refractivity contribution in [1.29, 1.82) is 0 Å². The van der Waals surface area contributed by atoms with Crippen molar-refractivity contribution in [3.8, 4) is 0 Å². The van der Waals surface area contributed by atoms with Crippen LogP contribution in [-0.4, -0.2) is 34.9 Å². The minimum atomic E-state index is -0.874. The van der Waals surface area contributed by atoms with Gasteiger partial charge in [-0.05, 0) is 58.3 Å². The lowest BCUT2D eigenvalue weighted by molar-refractivity contribution is -0.122. The molecular formula is C26H45NO3. The Hall–Kier alpha value is -1.65. The van der Waals surface area contributed by atoms with Crippen LogP contribution in [0.1, 0.15) is 90.9 Å². The van der Waals surface area contributed by atoms with E-state index in [1.165, 1.54) is 25.7 Å². The molecule has 3 N–H and O–H groups in total. The van der Waals surface area contributed by atoms with Gasteiger partial charge in [0, 0.05) is 6.42 Å². The van der Waals surface area contributed by atoms with Crippen LogP contribution in [0.4, 0.5) is 0 Å². The van der Waals surface area contributed by atoms with Crippen LogP contribution < -0.4 is 5.32 Å². The summed E-state index contributed by atoms with van der Waals surface area (Å²) >= 11 is 0. The number of amides is 1. The van der Waals surface area contributed by atoms with E-state index >= 15 is 0 Å². The third kappa shape index (κ3) is 18.4. The summed E-state index contributed by atoms with van der Waals surface area (Å²) in [6, 6.07) is -0.653. The van der Waals surface area contributed by atoms with E-state index in [0.29, 0.717) is 6.42 Å². The first-order valence-electron chi connectivity index (χ1n) is 11.8. The van der Waals surface area contributed by atoms with E-state index in [2.05, 4.69) is 48.7 Å². The minimum Gasteiger partial charge on any atom is -0.394 e. The highest BCUT2D eigenvalue weighted by Gasteiger charge is 2.17. The van der Waals surface area contributed by atoms with E-state index in [1.54, 1.807) is 6.08 Å². The number of carbonyl (C=O) groups excluding carboxylic acids is 1. The molecule has 0 aliphatic carbocycles. The van der Waals surface area contributed by atoms with Crippen LogP contribution in [0.5, 0.6) is 0 Å². The third-order valence-electron chi connectivity index (χ3n) is 4.86. The smallest absolute Gasteiger partial charge is 0.220 e. The normalized spacial score (nSPS) is 14.4. The molecule has 0 aromatic carbocycles. The van der Waals surface area contributed by atoms with Crippen LogP contribution in [0.3, 0.4) is 0 Å². The van der Waals surface area contributed by atoms with Gasteiger partial charge < -0.3 is 15.5 Å². The first-order valence-corrected chi connectivity index (χ1v) is 11.8. The van der Waals surface area contributed by atoms with Gasteiger partial charge >= 0.3 is 0 Å². The number of hydrogen-bond acceptors (Lipinski definition) is 3. The van der Waals surface area contributed by atoms with Crippen LogP contribution in [0.2, 0.25) is 0 Å². The fourth-order valence-electron chi connectivity index (χ4n) is 2.98. The van der Waals surface area contributed by atoms with E-state index in [-0.39, 0.29) is 12.5 Å². The Morgan fingerprint density at radius 3 is 2.07 bits per heavy atom. The molecule has 4 heteroatoms. The van der Waals surface area contributed by atoms with Gasteiger partial charge in [0.1, 0.15) is 0 Å². The first-order chi connectivity index (χ1) is 14.7. The largest absolute Gasteiger partial charge is 0.394 e. The highest BCUT2D eigenvalue weighted by atomic mass is 16.3. The van der Waals surface area contributed by atoms with Crippen molar-refractivity contribution in [1.82, 2.24) is 5.32 Å². The van der Waals surface area contributed by atoms with Gasteiger partial charge in [0.2, 0.25) is 5.91 Å². The van der Waals surface area contributed by atoms with Crippen molar-refractivity contribution in [3.05, 3.63) is 48.6 Å². The van der Waals surface area contributed by atoms with Crippen molar-refractivity contribution in [3.63, 3.8) is 0 Å². The fraction of sp³-hybridized carbons (Fsp3) is 0.654. The summed E-state index contributed by atoms with van der Waals surface area (Å²) in [7, 11) is 0. The summed E-state index contributed by atoms with van der Waals surface area (Å²) in [5, 5.41) is 22.4. The van der Waals surface area contributed by atoms with Crippen molar-refractivity contribution >= 4 is 5.91 Å². The Kier molecular flexibility index (Phi) is 20.8. The molecule has 0 heterocycles. The van der Waals surface area contributed by atoms with E-state index in [9.17, 15) is 15.0 Å². The van der Waals surface area contributed by atoms with Gasteiger partial charge in [0.25, 0.3) is 0 Å². The topological polar surface area (TPSA) is 69.6 Å². The number of carbonyl (C=O) groups is 1. The second-order valence-electron chi connectivity index (χ2n) is 7.68. The summed E-state index contributed by atoms with van der Waals surface area (Å²) in [4.78, 5) is 12.1. The summed E-state index contributed by atoms with van der Waals surface area (Å²) in [6.07, 6.45) is 27.7. The van der Waals surface area contributed by atoms with Gasteiger partial charge in [-0.2, -0.15) is 0 Å². The molecule has 0 saturated heterocycles. The van der Waals surface area contributed by atoms with Crippen LogP contribution in [0, 0.1) is 0 Å². The maximum Gasteiger partial charge on any atom is 0.220 e. The maximum absolute atomic E-state index is 12.1. The van der Waals surface area contributed by atoms with Gasteiger partial charge in [-0.1, -0.05) is 74.8 Å². The van der Waals surface area contributed by atoms with Crippen LogP contribution in [0.15, 0.2) is 48.6 Å². The minimum absolute atomic E-state index is 0.123. The maximum atomic E-state index is 12.1. The molecule has 2 atom stereocenters. The summed E-state index contributed by atoms with van der Waals surface area (Å²) < 4.78 is 0. The van der Waals surface area contributed by atoms with Crippen LogP contribution >= 0.6 is 0 Å². The molecule has 0 aromatic heterocycles. The average Bonchev–Trinajstić information content (AvgIpc) is 2.75. The molecule has 0 bridgehead atoms. The lowest BCUT2D eigenvalue weighted by Gasteiger charge is -2.19. The van der Waals surface area contributed by atoms with Crippen LogP contribution in [0.25, 0.3) is 0 Å². The molecule has 0 spiro atoms. The molecular weight excluding hydrogens is 374 g/mol. The standard InChI is InChI=1S/C26H45NO3/c1-3-5-7-9-11-13-15-17-19-21-25(29)24(23-28)27-26(30)22-20-18-16-14-12-10-8-6-4-2/h3,5,11,13-14,16,19,21,24-25,28-29H,4,6-10,12,15,17-18,20,22-23H2,1-2H3,(H,27,30)/b5-3+,13-11+,16-14-,21-19+. The summed E-state index contributed by atoms with van der Waals surface area (Å²) in [5.41, 5.74) is 0. The number of aliphatic hydroxyl groups is 2. The zero-order chi connectivity index (χ0) is 22.3. The van der Waals surface area contributed by atoms with Gasteiger partial charge in [0.05, 0.1) is 18.8 Å². The first kappa shape index (κ1) is 28.4. The van der Waals surface area contributed by atoms with Gasteiger partial charge in [0.15, 0.2) is 0 Å². The molecule has 0 saturated carbocycles. The fourth-order valence-corrected chi connectivity index (χ4v) is 2.98. The molecule has 1 amide bonds. The van der Waals surface area contributed by atoms with Gasteiger partial charge in [-0.15, -0.1) is 0 Å². The SMILES string of the molecule is C/C=C/CC/C=C/CC/C=C/C(O)C(CO)NC(=O)CCC/C=C\CCCCCC. The molecule has 0 aliphatic rings. The molecule has 4 nitrogen and oxygen atoms in total. The summed E-state index contributed by atoms with van der Waals surface area (Å²) in [5.74, 6) is -0.123. The zero-order valence-corrected chi connectivity index (χ0v) is 19.3. The van der Waals surface area contributed by atoms with Crippen LogP contribution in [-0.2, 0) is 4.79 Å². The number of allylic oxidation sites excluding steroid dienone is 7. The lowest BCUT2D eigenvalue weighted by atomic mass is 10.1. The van der Waals surface area contributed by atoms with Crippen molar-refractivity contribution < 1.29 is 15.0 Å². The van der Waals surface area contributed by atoms with Gasteiger partial charge in [-0.25, -0.2) is 0 Å². The molecule has 0 aromatic rings. The van der Waals surface area contributed by atoms with Gasteiger partial charge in [-0.3, -0.25) is 4.79 Å². The van der Waals surface area contributed by atoms with E-state index in [4.69, 9.17) is 0 Å². The number of nitrogens with one attached hydrogen (secondary N) is 1. The van der Waals surface area contributed by atoms with Crippen molar-refractivity contribution in [2.75, 3.05) is 6.61 Å². The monoisotopic (exact) mass is 419 g/mol. The molecule has 0 fully saturated rings. The number of rotatable bonds is 19. The Bertz CT molecular complexity index is 508. The quantitative estimate of drug-likeness (QED) is 0.184. The molecule has 0 radical (unpaired) electrons. The highest BCUT2D eigenvalue weighted by Crippen LogP contribution is 2.05. The number of unbranched alkanes of at least 4 members (excludes halogenated alkanes) is 7. The van der Waals surface area contributed by atoms with Crippen molar-refractivity contribution in [2.45, 2.75) is 103 Å². The molecule has 30 heavy (non-hydrogen) atoms. The number of aliphatic hydroxyl groups excluding tert-OH is 2. The van der Waals surface area contributed by atoms with E-state index in [1.807, 2.05) is 13.0 Å². The average molecular weight is 420 g/mol. The Balaban J connectivity index is 3.93. The number of hydrogen-bond donors (Lipinski definition) is 3. The highest BCUT2D eigenvalue weighted by molar-refractivity contribution is 5.76. The predicted octanol–water partition coefficient (Wildman–Crippen LogP) is 5.77. The van der Waals surface area contributed by atoms with Crippen molar-refractivity contribution in [2.24, 2.45) is 0 Å². The second kappa shape index (κ2) is 22.0. The Morgan fingerprint density at radius 2 is 1.43 bits per heavy atom. The molecule has 0 aliphatic heterocycles. The summed E-state index contributed by atoms with van der Waals surface area (Å²) in [6.45, 7) is 3.96. The molecule has 0 rings (SSSR count).